The summed E-state index contributed by atoms with van der Waals surface area (Å²) >= 11 is 0.813. The number of carbonyl (C=O) groups excluding carboxylic acids is 1. The first-order chi connectivity index (χ1) is 8.75. The molecule has 1 unspecified atom stereocenters. The van der Waals surface area contributed by atoms with Gasteiger partial charge in [-0.3, -0.25) is 0 Å². The Kier molecular flexibility index (Phi) is 6.32. The number of nitrogens with zero attached hydrogens (tertiary/aromatic N) is 2. The van der Waals surface area contributed by atoms with Crippen molar-refractivity contribution in [2.24, 2.45) is 0 Å². The first kappa shape index (κ1) is 14.7. The second kappa shape index (κ2) is 7.75. The Morgan fingerprint density at radius 1 is 1.39 bits per heavy atom. The standard InChI is InChI=1S/C12H23N3OSSe/c1-14-5-7-15(8-6-14)12(16)2-4-13-11-3-9-18-17-10-11/h11,13H,2-10H2,1H3. The normalized spacial score (nSPS) is 26.3. The molecule has 2 aliphatic heterocycles. The van der Waals surface area contributed by atoms with Gasteiger partial charge in [0.25, 0.3) is 0 Å². The van der Waals surface area contributed by atoms with Crippen molar-refractivity contribution < 1.29 is 4.79 Å². The zero-order valence-electron chi connectivity index (χ0n) is 11.1. The molecule has 0 bridgehead atoms. The maximum absolute atomic E-state index is 12.0. The van der Waals surface area contributed by atoms with Gasteiger partial charge in [0, 0.05) is 0 Å². The van der Waals surface area contributed by atoms with E-state index in [1.807, 2.05) is 4.90 Å². The van der Waals surface area contributed by atoms with Crippen molar-refractivity contribution in [3.63, 3.8) is 0 Å². The minimum atomic E-state index is 0.322. The average Bonchev–Trinajstić information content (AvgIpc) is 2.40. The fraction of sp³-hybridized carbons (Fsp3) is 0.917. The summed E-state index contributed by atoms with van der Waals surface area (Å²) in [6, 6.07) is 0.644. The molecule has 1 atom stereocenters. The number of hydrogen-bond donors (Lipinski definition) is 1. The quantitative estimate of drug-likeness (QED) is 0.749. The molecule has 1 N–H and O–H groups in total. The molecule has 2 saturated heterocycles. The van der Waals surface area contributed by atoms with E-state index in [1.165, 1.54) is 17.5 Å². The molecule has 0 aromatic carbocycles. The van der Waals surface area contributed by atoms with Gasteiger partial charge >= 0.3 is 120 Å². The molecule has 0 aromatic heterocycles. The van der Waals surface area contributed by atoms with Crippen LogP contribution in [0.15, 0.2) is 0 Å². The molecule has 2 rings (SSSR count). The van der Waals surface area contributed by atoms with Crippen LogP contribution in [0.4, 0.5) is 0 Å². The molecule has 0 aromatic rings. The summed E-state index contributed by atoms with van der Waals surface area (Å²) in [4.78, 5) is 16.3. The van der Waals surface area contributed by atoms with Gasteiger partial charge in [0.15, 0.2) is 0 Å². The van der Waals surface area contributed by atoms with E-state index >= 15 is 0 Å². The van der Waals surface area contributed by atoms with E-state index in [1.54, 1.807) is 0 Å². The van der Waals surface area contributed by atoms with Gasteiger partial charge < -0.3 is 0 Å². The van der Waals surface area contributed by atoms with E-state index in [4.69, 9.17) is 0 Å². The van der Waals surface area contributed by atoms with Gasteiger partial charge in [-0.2, -0.15) is 0 Å². The summed E-state index contributed by atoms with van der Waals surface area (Å²) in [7, 11) is 4.21. The summed E-state index contributed by atoms with van der Waals surface area (Å²) in [6.07, 6.45) is 1.96. The van der Waals surface area contributed by atoms with Crippen molar-refractivity contribution in [3.05, 3.63) is 0 Å². The third-order valence-electron chi connectivity index (χ3n) is 3.53. The molecular formula is C12H23N3OSSe. The molecule has 104 valence electrons. The maximum atomic E-state index is 12.0. The summed E-state index contributed by atoms with van der Waals surface area (Å²) in [5.74, 6) is 1.56. The molecule has 18 heavy (non-hydrogen) atoms. The van der Waals surface area contributed by atoms with Gasteiger partial charge in [0.1, 0.15) is 0 Å². The van der Waals surface area contributed by atoms with Gasteiger partial charge in [-0.1, -0.05) is 0 Å². The van der Waals surface area contributed by atoms with E-state index in [0.717, 1.165) is 46.6 Å². The Labute approximate surface area is 119 Å². The fourth-order valence-corrected chi connectivity index (χ4v) is 6.56. The molecule has 2 fully saturated rings. The van der Waals surface area contributed by atoms with Crippen molar-refractivity contribution in [2.75, 3.05) is 45.5 Å². The molecule has 2 aliphatic rings. The van der Waals surface area contributed by atoms with E-state index in [2.05, 4.69) is 27.4 Å². The zero-order chi connectivity index (χ0) is 12.8. The van der Waals surface area contributed by atoms with Crippen LogP contribution >= 0.6 is 10.2 Å². The summed E-state index contributed by atoms with van der Waals surface area (Å²) in [5.41, 5.74) is 0. The van der Waals surface area contributed by atoms with Crippen LogP contribution in [0.25, 0.3) is 0 Å². The summed E-state index contributed by atoms with van der Waals surface area (Å²) in [5, 5.41) is 4.91. The van der Waals surface area contributed by atoms with Crippen molar-refractivity contribution in [2.45, 2.75) is 24.2 Å². The van der Waals surface area contributed by atoms with Gasteiger partial charge in [0.05, 0.1) is 0 Å². The van der Waals surface area contributed by atoms with E-state index in [-0.39, 0.29) is 0 Å². The second-order valence-electron chi connectivity index (χ2n) is 4.98. The van der Waals surface area contributed by atoms with E-state index in [0.29, 0.717) is 18.4 Å². The number of hydrogen-bond acceptors (Lipinski definition) is 4. The monoisotopic (exact) mass is 337 g/mol. The molecule has 0 saturated carbocycles. The molecule has 0 radical (unpaired) electrons. The Balaban J connectivity index is 1.59. The first-order valence-electron chi connectivity index (χ1n) is 6.70. The van der Waals surface area contributed by atoms with Crippen molar-refractivity contribution in [1.82, 2.24) is 15.1 Å². The molecule has 0 spiro atoms. The molecule has 1 amide bonds. The van der Waals surface area contributed by atoms with Crippen molar-refractivity contribution in [3.8, 4) is 0 Å². The number of rotatable bonds is 4. The number of carbonyl (C=O) groups is 1. The number of amides is 1. The predicted molar refractivity (Wildman–Crippen MR) is 78.1 cm³/mol. The van der Waals surface area contributed by atoms with Gasteiger partial charge in [-0.25, -0.2) is 0 Å². The Morgan fingerprint density at radius 3 is 2.83 bits per heavy atom. The van der Waals surface area contributed by atoms with Crippen molar-refractivity contribution >= 4 is 29.9 Å². The van der Waals surface area contributed by atoms with Crippen LogP contribution < -0.4 is 5.32 Å². The third kappa shape index (κ3) is 4.74. The molecule has 2 heterocycles. The van der Waals surface area contributed by atoms with Gasteiger partial charge in [-0.15, -0.1) is 0 Å². The molecule has 0 aliphatic carbocycles. The summed E-state index contributed by atoms with van der Waals surface area (Å²) < 4.78 is 0. The van der Waals surface area contributed by atoms with Crippen LogP contribution in [0.5, 0.6) is 0 Å². The molecule has 4 nitrogen and oxygen atoms in total. The van der Waals surface area contributed by atoms with Gasteiger partial charge in [0.2, 0.25) is 0 Å². The second-order valence-corrected chi connectivity index (χ2v) is 9.61. The van der Waals surface area contributed by atoms with Crippen LogP contribution in [-0.2, 0) is 4.79 Å². The predicted octanol–water partition coefficient (Wildman–Crippen LogP) is 0.283. The Hall–Kier alpha value is 0.259. The number of piperazine rings is 1. The van der Waals surface area contributed by atoms with Crippen LogP contribution in [0, 0.1) is 0 Å². The Morgan fingerprint density at radius 2 is 2.17 bits per heavy atom. The summed E-state index contributed by atoms with van der Waals surface area (Å²) in [6.45, 7) is 4.68. The van der Waals surface area contributed by atoms with Crippen LogP contribution in [0.1, 0.15) is 12.8 Å². The number of nitrogens with one attached hydrogen (secondary N) is 1. The van der Waals surface area contributed by atoms with Gasteiger partial charge in [-0.05, 0) is 0 Å². The minimum absolute atomic E-state index is 0.322. The SMILES string of the molecule is CN1CCN(C(=O)CCNC2CC[Se]SC2)CC1. The van der Waals surface area contributed by atoms with E-state index in [9.17, 15) is 4.79 Å². The van der Waals surface area contributed by atoms with Crippen LogP contribution in [-0.4, -0.2) is 81.1 Å². The zero-order valence-corrected chi connectivity index (χ0v) is 13.6. The first-order valence-corrected chi connectivity index (χ1v) is 10.9. The van der Waals surface area contributed by atoms with E-state index < -0.39 is 0 Å². The van der Waals surface area contributed by atoms with Crippen molar-refractivity contribution in [1.29, 1.82) is 0 Å². The topological polar surface area (TPSA) is 35.6 Å². The third-order valence-corrected chi connectivity index (χ3v) is 7.85. The number of likely N-dealkylation sites (N-methyl/N-ethyl adjacent to an activating group) is 1. The van der Waals surface area contributed by atoms with Crippen LogP contribution in [0.2, 0.25) is 5.32 Å². The van der Waals surface area contributed by atoms with Crippen LogP contribution in [0.3, 0.4) is 0 Å². The fourth-order valence-electron chi connectivity index (χ4n) is 2.22. The molecule has 6 heteroatoms. The Bertz CT molecular complexity index is 266. The molecular weight excluding hydrogens is 313 g/mol. The average molecular weight is 336 g/mol.